The lowest BCUT2D eigenvalue weighted by Crippen LogP contribution is -2.40. The van der Waals surface area contributed by atoms with Crippen LogP contribution in [0.25, 0.3) is 11.0 Å². The largest absolute Gasteiger partial charge is 0.357 e. The van der Waals surface area contributed by atoms with Gasteiger partial charge < -0.3 is 14.8 Å². The number of likely N-dealkylation sites (tertiary alicyclic amines) is 1. The number of fused-ring (bicyclic) bond motifs is 1. The highest BCUT2D eigenvalue weighted by molar-refractivity contribution is 14.0. The van der Waals surface area contributed by atoms with Crippen LogP contribution in [0, 0.1) is 5.41 Å². The fourth-order valence-corrected chi connectivity index (χ4v) is 3.20. The van der Waals surface area contributed by atoms with Crippen LogP contribution in [0.15, 0.2) is 29.3 Å². The number of hydrogen-bond donors (Lipinski definition) is 1. The van der Waals surface area contributed by atoms with Gasteiger partial charge in [-0.3, -0.25) is 0 Å². The number of rotatable bonds is 3. The summed E-state index contributed by atoms with van der Waals surface area (Å²) in [7, 11) is 2.06. The second-order valence-electron chi connectivity index (χ2n) is 7.08. The maximum absolute atomic E-state index is 4.84. The Morgan fingerprint density at radius 2 is 2.08 bits per heavy atom. The first kappa shape index (κ1) is 19.0. The molecular formula is C18H28IN5. The fraction of sp³-hybridized carbons (Fsp3) is 0.556. The highest BCUT2D eigenvalue weighted by Gasteiger charge is 2.30. The molecule has 1 N–H and O–H groups in total. The Hall–Kier alpha value is -1.31. The van der Waals surface area contributed by atoms with Gasteiger partial charge in [-0.1, -0.05) is 26.0 Å². The van der Waals surface area contributed by atoms with Crippen molar-refractivity contribution in [3.63, 3.8) is 0 Å². The highest BCUT2D eigenvalue weighted by Crippen LogP contribution is 2.28. The molecule has 0 atom stereocenters. The average molecular weight is 441 g/mol. The molecule has 2 heterocycles. The predicted octanol–water partition coefficient (Wildman–Crippen LogP) is 3.39. The molecule has 1 aliphatic rings. The van der Waals surface area contributed by atoms with Crippen LogP contribution in [0.2, 0.25) is 0 Å². The predicted molar refractivity (Wildman–Crippen MR) is 111 cm³/mol. The zero-order chi connectivity index (χ0) is 16.4. The molecule has 132 valence electrons. The summed E-state index contributed by atoms with van der Waals surface area (Å²) in [4.78, 5) is 11.9. The van der Waals surface area contributed by atoms with E-state index in [1.54, 1.807) is 0 Å². The van der Waals surface area contributed by atoms with E-state index >= 15 is 0 Å². The van der Waals surface area contributed by atoms with Crippen LogP contribution in [0.4, 0.5) is 0 Å². The zero-order valence-corrected chi connectivity index (χ0v) is 17.4. The van der Waals surface area contributed by atoms with Crippen molar-refractivity contribution in [3.05, 3.63) is 30.1 Å². The van der Waals surface area contributed by atoms with Crippen molar-refractivity contribution in [2.75, 3.05) is 19.6 Å². The molecule has 3 rings (SSSR count). The smallest absolute Gasteiger partial charge is 0.194 e. The number of nitrogens with one attached hydrogen (secondary N) is 1. The SMILES string of the molecule is CCNC(=NCc1nc2ccccc2n1C)N1CCC(C)(C)C1.I. The van der Waals surface area contributed by atoms with Gasteiger partial charge in [0.2, 0.25) is 0 Å². The molecule has 1 saturated heterocycles. The minimum Gasteiger partial charge on any atom is -0.357 e. The first-order valence-electron chi connectivity index (χ1n) is 8.44. The quantitative estimate of drug-likeness (QED) is 0.451. The van der Waals surface area contributed by atoms with E-state index in [1.807, 2.05) is 12.1 Å². The molecule has 0 aliphatic carbocycles. The summed E-state index contributed by atoms with van der Waals surface area (Å²) in [5.74, 6) is 2.00. The van der Waals surface area contributed by atoms with E-state index in [9.17, 15) is 0 Å². The third-order valence-electron chi connectivity index (χ3n) is 4.56. The monoisotopic (exact) mass is 441 g/mol. The van der Waals surface area contributed by atoms with Crippen molar-refractivity contribution in [1.29, 1.82) is 0 Å². The summed E-state index contributed by atoms with van der Waals surface area (Å²) in [6.45, 7) is 10.4. The molecule has 0 amide bonds. The minimum absolute atomic E-state index is 0. The minimum atomic E-state index is 0. The van der Waals surface area contributed by atoms with E-state index in [4.69, 9.17) is 9.98 Å². The van der Waals surface area contributed by atoms with Crippen molar-refractivity contribution in [2.45, 2.75) is 33.7 Å². The Morgan fingerprint density at radius 1 is 1.33 bits per heavy atom. The van der Waals surface area contributed by atoms with E-state index in [2.05, 4.69) is 54.7 Å². The summed E-state index contributed by atoms with van der Waals surface area (Å²) in [6.07, 6.45) is 1.21. The van der Waals surface area contributed by atoms with Crippen LogP contribution in [0.5, 0.6) is 0 Å². The molecule has 0 spiro atoms. The first-order chi connectivity index (χ1) is 11.0. The molecule has 5 nitrogen and oxygen atoms in total. The molecule has 0 saturated carbocycles. The van der Waals surface area contributed by atoms with Gasteiger partial charge in [-0.25, -0.2) is 9.98 Å². The van der Waals surface area contributed by atoms with Gasteiger partial charge in [0.1, 0.15) is 12.4 Å². The van der Waals surface area contributed by atoms with Crippen LogP contribution in [0.1, 0.15) is 33.0 Å². The molecule has 1 aliphatic heterocycles. The summed E-state index contributed by atoms with van der Waals surface area (Å²) in [5.41, 5.74) is 2.56. The third kappa shape index (κ3) is 4.02. The van der Waals surface area contributed by atoms with Gasteiger partial charge in [-0.2, -0.15) is 0 Å². The van der Waals surface area contributed by atoms with E-state index in [-0.39, 0.29) is 24.0 Å². The molecular weight excluding hydrogens is 413 g/mol. The first-order valence-corrected chi connectivity index (χ1v) is 8.44. The Kier molecular flexibility index (Phi) is 6.11. The third-order valence-corrected chi connectivity index (χ3v) is 4.56. The molecule has 2 aromatic rings. The Morgan fingerprint density at radius 3 is 2.71 bits per heavy atom. The van der Waals surface area contributed by atoms with Gasteiger partial charge in [-0.15, -0.1) is 24.0 Å². The zero-order valence-electron chi connectivity index (χ0n) is 15.0. The lowest BCUT2D eigenvalue weighted by Gasteiger charge is -2.23. The Bertz CT molecular complexity index is 719. The Balaban J connectivity index is 0.00000208. The van der Waals surface area contributed by atoms with Gasteiger partial charge in [-0.05, 0) is 30.9 Å². The van der Waals surface area contributed by atoms with Gasteiger partial charge in [0.05, 0.1) is 11.0 Å². The van der Waals surface area contributed by atoms with Gasteiger partial charge >= 0.3 is 0 Å². The number of aliphatic imine (C=N–C) groups is 1. The van der Waals surface area contributed by atoms with Gasteiger partial charge in [0.15, 0.2) is 5.96 Å². The summed E-state index contributed by atoms with van der Waals surface area (Å²) in [5, 5.41) is 3.42. The van der Waals surface area contributed by atoms with Crippen molar-refractivity contribution < 1.29 is 0 Å². The van der Waals surface area contributed by atoms with Gasteiger partial charge in [0.25, 0.3) is 0 Å². The second-order valence-corrected chi connectivity index (χ2v) is 7.08. The van der Waals surface area contributed by atoms with Crippen LogP contribution >= 0.6 is 24.0 Å². The molecule has 24 heavy (non-hydrogen) atoms. The topological polar surface area (TPSA) is 45.5 Å². The number of aryl methyl sites for hydroxylation is 1. The van der Waals surface area contributed by atoms with E-state index in [0.717, 1.165) is 42.5 Å². The van der Waals surface area contributed by atoms with Crippen LogP contribution < -0.4 is 5.32 Å². The normalized spacial score (nSPS) is 17.2. The van der Waals surface area contributed by atoms with Crippen LogP contribution in [0.3, 0.4) is 0 Å². The molecule has 0 radical (unpaired) electrons. The lowest BCUT2D eigenvalue weighted by molar-refractivity contribution is 0.370. The number of benzene rings is 1. The lowest BCUT2D eigenvalue weighted by atomic mass is 9.93. The highest BCUT2D eigenvalue weighted by atomic mass is 127. The van der Waals surface area contributed by atoms with Crippen molar-refractivity contribution in [2.24, 2.45) is 17.5 Å². The number of nitrogens with zero attached hydrogens (tertiary/aromatic N) is 4. The number of aromatic nitrogens is 2. The fourth-order valence-electron chi connectivity index (χ4n) is 3.20. The van der Waals surface area contributed by atoms with E-state index in [1.165, 1.54) is 6.42 Å². The van der Waals surface area contributed by atoms with Crippen molar-refractivity contribution in [1.82, 2.24) is 19.8 Å². The second kappa shape index (κ2) is 7.72. The van der Waals surface area contributed by atoms with E-state index in [0.29, 0.717) is 12.0 Å². The van der Waals surface area contributed by atoms with Gasteiger partial charge in [0, 0.05) is 26.7 Å². The molecule has 6 heteroatoms. The maximum atomic E-state index is 4.84. The Labute approximate surface area is 161 Å². The molecule has 0 unspecified atom stereocenters. The molecule has 0 bridgehead atoms. The van der Waals surface area contributed by atoms with Crippen molar-refractivity contribution in [3.8, 4) is 0 Å². The number of imidazole rings is 1. The number of para-hydroxylation sites is 2. The van der Waals surface area contributed by atoms with Crippen LogP contribution in [-0.2, 0) is 13.6 Å². The number of halogens is 1. The standard InChI is InChI=1S/C18H27N5.HI/c1-5-19-17(23-11-10-18(2,3)13-23)20-12-16-21-14-8-6-7-9-15(14)22(16)4;/h6-9H,5,10-13H2,1-4H3,(H,19,20);1H. The molecule has 1 aromatic carbocycles. The van der Waals surface area contributed by atoms with E-state index < -0.39 is 0 Å². The van der Waals surface area contributed by atoms with Crippen LogP contribution in [-0.4, -0.2) is 40.0 Å². The number of hydrogen-bond acceptors (Lipinski definition) is 2. The molecule has 1 fully saturated rings. The maximum Gasteiger partial charge on any atom is 0.194 e. The van der Waals surface area contributed by atoms with Crippen molar-refractivity contribution >= 4 is 41.0 Å². The average Bonchev–Trinajstić information content (AvgIpc) is 3.04. The number of guanidine groups is 1. The summed E-state index contributed by atoms with van der Waals surface area (Å²) >= 11 is 0. The summed E-state index contributed by atoms with van der Waals surface area (Å²) < 4.78 is 2.14. The summed E-state index contributed by atoms with van der Waals surface area (Å²) in [6, 6.07) is 8.23. The molecule has 1 aromatic heterocycles.